The molecule has 0 saturated carbocycles. The first-order chi connectivity index (χ1) is 4.09. The molecule has 0 aromatic carbocycles. The number of aliphatic hydroxyl groups excluding tert-OH is 1. The van der Waals surface area contributed by atoms with Crippen LogP contribution in [-0.4, -0.2) is 17.0 Å². The fraction of sp³-hybridized carbons (Fsp3) is 0.833. The van der Waals surface area contributed by atoms with E-state index < -0.39 is 6.23 Å². The molecule has 0 bridgehead atoms. The monoisotopic (exact) mass is 130 g/mol. The zero-order valence-corrected chi connectivity index (χ0v) is 5.89. The second-order valence-corrected chi connectivity index (χ2v) is 2.19. The van der Waals surface area contributed by atoms with Gasteiger partial charge in [0.1, 0.15) is 6.23 Å². The molecule has 0 spiro atoms. The van der Waals surface area contributed by atoms with E-state index >= 15 is 0 Å². The summed E-state index contributed by atoms with van der Waals surface area (Å²) in [4.78, 5) is 0. The summed E-state index contributed by atoms with van der Waals surface area (Å²) < 4.78 is 0. The maximum atomic E-state index is 8.82. The summed E-state index contributed by atoms with van der Waals surface area (Å²) in [6.07, 6.45) is -0.139. The van der Waals surface area contributed by atoms with Gasteiger partial charge in [0.05, 0.1) is 0 Å². The summed E-state index contributed by atoms with van der Waals surface area (Å²) in [6, 6.07) is 0. The van der Waals surface area contributed by atoms with Crippen molar-refractivity contribution >= 4 is 5.71 Å². The molecule has 2 unspecified atom stereocenters. The molecule has 0 fully saturated rings. The lowest BCUT2D eigenvalue weighted by atomic mass is 10.0. The number of hydrogen-bond donors (Lipinski definition) is 3. The SMILES string of the molecule is CCC(C(C)=N)C(N)O. The first-order valence-electron chi connectivity index (χ1n) is 3.08. The first-order valence-corrected chi connectivity index (χ1v) is 3.08. The number of aliphatic hydroxyl groups is 1. The summed E-state index contributed by atoms with van der Waals surface area (Å²) in [5, 5.41) is 16.0. The highest BCUT2D eigenvalue weighted by Crippen LogP contribution is 2.05. The van der Waals surface area contributed by atoms with Crippen molar-refractivity contribution in [1.82, 2.24) is 0 Å². The molecule has 3 heteroatoms. The van der Waals surface area contributed by atoms with Gasteiger partial charge in [-0.25, -0.2) is 0 Å². The van der Waals surface area contributed by atoms with Crippen molar-refractivity contribution in [3.63, 3.8) is 0 Å². The molecule has 0 aliphatic heterocycles. The van der Waals surface area contributed by atoms with Crippen molar-refractivity contribution in [1.29, 1.82) is 5.41 Å². The molecule has 2 atom stereocenters. The van der Waals surface area contributed by atoms with Gasteiger partial charge in [0.25, 0.3) is 0 Å². The maximum Gasteiger partial charge on any atom is 0.110 e. The van der Waals surface area contributed by atoms with Crippen LogP contribution in [0.5, 0.6) is 0 Å². The number of nitrogens with two attached hydrogens (primary N) is 1. The molecular weight excluding hydrogens is 116 g/mol. The summed E-state index contributed by atoms with van der Waals surface area (Å²) in [5.74, 6) is -0.162. The van der Waals surface area contributed by atoms with Crippen LogP contribution in [0.4, 0.5) is 0 Å². The lowest BCUT2D eigenvalue weighted by molar-refractivity contribution is 0.143. The molecule has 0 amide bonds. The van der Waals surface area contributed by atoms with Crippen LogP contribution >= 0.6 is 0 Å². The van der Waals surface area contributed by atoms with Crippen molar-refractivity contribution in [3.05, 3.63) is 0 Å². The molecule has 0 aromatic heterocycles. The van der Waals surface area contributed by atoms with Crippen LogP contribution in [0.2, 0.25) is 0 Å². The Kier molecular flexibility index (Phi) is 3.42. The van der Waals surface area contributed by atoms with Gasteiger partial charge in [-0.3, -0.25) is 0 Å². The van der Waals surface area contributed by atoms with Crippen molar-refractivity contribution in [2.45, 2.75) is 26.5 Å². The van der Waals surface area contributed by atoms with Crippen LogP contribution in [0.3, 0.4) is 0 Å². The zero-order valence-electron chi connectivity index (χ0n) is 5.89. The second-order valence-electron chi connectivity index (χ2n) is 2.19. The molecular formula is C6H14N2O. The van der Waals surface area contributed by atoms with E-state index in [1.54, 1.807) is 6.92 Å². The average molecular weight is 130 g/mol. The molecule has 3 nitrogen and oxygen atoms in total. The van der Waals surface area contributed by atoms with E-state index in [2.05, 4.69) is 0 Å². The predicted octanol–water partition coefficient (Wildman–Crippen LogP) is 0.329. The smallest absolute Gasteiger partial charge is 0.110 e. The average Bonchev–Trinajstić information content (AvgIpc) is 1.64. The minimum atomic E-state index is -0.868. The van der Waals surface area contributed by atoms with E-state index in [1.165, 1.54) is 0 Å². The van der Waals surface area contributed by atoms with Crippen molar-refractivity contribution in [2.24, 2.45) is 11.7 Å². The Hall–Kier alpha value is -0.410. The Morgan fingerprint density at radius 1 is 1.78 bits per heavy atom. The molecule has 0 radical (unpaired) electrons. The molecule has 4 N–H and O–H groups in total. The molecule has 0 aromatic rings. The molecule has 0 aliphatic rings. The standard InChI is InChI=1S/C6H14N2O/c1-3-5(4(2)7)6(8)9/h5-7,9H,3,8H2,1-2H3. The highest BCUT2D eigenvalue weighted by Gasteiger charge is 2.14. The highest BCUT2D eigenvalue weighted by molar-refractivity contribution is 5.81. The molecule has 0 rings (SSSR count). The van der Waals surface area contributed by atoms with Gasteiger partial charge in [-0.2, -0.15) is 0 Å². The van der Waals surface area contributed by atoms with Crippen LogP contribution in [0.25, 0.3) is 0 Å². The third-order valence-electron chi connectivity index (χ3n) is 1.41. The van der Waals surface area contributed by atoms with E-state index in [4.69, 9.17) is 16.2 Å². The quantitative estimate of drug-likeness (QED) is 0.380. The van der Waals surface area contributed by atoms with Gasteiger partial charge < -0.3 is 16.2 Å². The van der Waals surface area contributed by atoms with Crippen LogP contribution < -0.4 is 5.73 Å². The Bertz CT molecular complexity index is 101. The van der Waals surface area contributed by atoms with Crippen molar-refractivity contribution in [2.75, 3.05) is 0 Å². The Labute approximate surface area is 55.4 Å². The lowest BCUT2D eigenvalue weighted by Gasteiger charge is -2.15. The Balaban J connectivity index is 3.83. The van der Waals surface area contributed by atoms with Gasteiger partial charge in [0, 0.05) is 11.6 Å². The molecule has 0 heterocycles. The van der Waals surface area contributed by atoms with E-state index in [9.17, 15) is 0 Å². The minimum Gasteiger partial charge on any atom is -0.378 e. The summed E-state index contributed by atoms with van der Waals surface area (Å²) in [6.45, 7) is 3.56. The van der Waals surface area contributed by atoms with Crippen LogP contribution in [0.15, 0.2) is 0 Å². The van der Waals surface area contributed by atoms with Gasteiger partial charge in [-0.1, -0.05) is 6.92 Å². The third kappa shape index (κ3) is 2.58. The molecule has 0 aliphatic carbocycles. The molecule has 0 saturated heterocycles. The largest absolute Gasteiger partial charge is 0.378 e. The normalized spacial score (nSPS) is 16.9. The topological polar surface area (TPSA) is 70.1 Å². The first kappa shape index (κ1) is 8.59. The van der Waals surface area contributed by atoms with Gasteiger partial charge in [0.15, 0.2) is 0 Å². The van der Waals surface area contributed by atoms with Gasteiger partial charge >= 0.3 is 0 Å². The molecule has 54 valence electrons. The third-order valence-corrected chi connectivity index (χ3v) is 1.41. The van der Waals surface area contributed by atoms with Gasteiger partial charge in [-0.15, -0.1) is 0 Å². The van der Waals surface area contributed by atoms with E-state index in [0.29, 0.717) is 5.71 Å². The summed E-state index contributed by atoms with van der Waals surface area (Å²) >= 11 is 0. The van der Waals surface area contributed by atoms with Crippen molar-refractivity contribution < 1.29 is 5.11 Å². The second kappa shape index (κ2) is 3.58. The Morgan fingerprint density at radius 3 is 2.22 bits per heavy atom. The van der Waals surface area contributed by atoms with Crippen molar-refractivity contribution in [3.8, 4) is 0 Å². The number of nitrogens with one attached hydrogen (secondary N) is 1. The zero-order chi connectivity index (χ0) is 7.44. The fourth-order valence-electron chi connectivity index (χ4n) is 0.804. The van der Waals surface area contributed by atoms with Crippen LogP contribution in [0, 0.1) is 11.3 Å². The van der Waals surface area contributed by atoms with Gasteiger partial charge in [0.2, 0.25) is 0 Å². The molecule has 9 heavy (non-hydrogen) atoms. The van der Waals surface area contributed by atoms with E-state index in [1.807, 2.05) is 6.92 Å². The van der Waals surface area contributed by atoms with Gasteiger partial charge in [-0.05, 0) is 13.3 Å². The van der Waals surface area contributed by atoms with Crippen LogP contribution in [-0.2, 0) is 0 Å². The number of hydrogen-bond acceptors (Lipinski definition) is 3. The highest BCUT2D eigenvalue weighted by atomic mass is 16.3. The summed E-state index contributed by atoms with van der Waals surface area (Å²) in [7, 11) is 0. The van der Waals surface area contributed by atoms with E-state index in [0.717, 1.165) is 6.42 Å². The lowest BCUT2D eigenvalue weighted by Crippen LogP contribution is -2.33. The maximum absolute atomic E-state index is 8.82. The summed E-state index contributed by atoms with van der Waals surface area (Å²) in [5.41, 5.74) is 5.61. The Morgan fingerprint density at radius 2 is 2.22 bits per heavy atom. The fourth-order valence-corrected chi connectivity index (χ4v) is 0.804. The number of rotatable bonds is 3. The van der Waals surface area contributed by atoms with E-state index in [-0.39, 0.29) is 5.92 Å². The predicted molar refractivity (Wildman–Crippen MR) is 37.4 cm³/mol. The minimum absolute atomic E-state index is 0.162. The van der Waals surface area contributed by atoms with Crippen LogP contribution in [0.1, 0.15) is 20.3 Å².